The Kier molecular flexibility index (Phi) is 6.27. The van der Waals surface area contributed by atoms with Crippen LogP contribution >= 0.6 is 11.6 Å². The molecule has 37 heavy (non-hydrogen) atoms. The average molecular weight is 517 g/mol. The molecule has 1 atom stereocenters. The molecule has 0 bridgehead atoms. The second kappa shape index (κ2) is 9.55. The number of carbonyl (C=O) groups is 3. The van der Waals surface area contributed by atoms with Gasteiger partial charge in [0.2, 0.25) is 5.78 Å². The number of carbonyl (C=O) groups excluding carboxylic acids is 3. The molecule has 3 heterocycles. The summed E-state index contributed by atoms with van der Waals surface area (Å²) in [6.45, 7) is 3.46. The van der Waals surface area contributed by atoms with Crippen molar-refractivity contribution in [2.75, 3.05) is 4.90 Å². The number of pyridine rings is 1. The van der Waals surface area contributed by atoms with Gasteiger partial charge in [-0.05, 0) is 68.4 Å². The Morgan fingerprint density at radius 2 is 1.89 bits per heavy atom. The molecular weight excluding hydrogens is 496 g/mol. The van der Waals surface area contributed by atoms with Gasteiger partial charge in [0.1, 0.15) is 11.6 Å². The van der Waals surface area contributed by atoms with E-state index >= 15 is 0 Å². The smallest absolute Gasteiger partial charge is 0.338 e. The molecule has 4 aromatic rings. The number of aliphatic hydroxyl groups excluding tert-OH is 1. The molecule has 9 heteroatoms. The van der Waals surface area contributed by atoms with Crippen LogP contribution in [0.2, 0.25) is 5.02 Å². The highest BCUT2D eigenvalue weighted by Gasteiger charge is 2.46. The van der Waals surface area contributed by atoms with Crippen molar-refractivity contribution < 1.29 is 28.6 Å². The highest BCUT2D eigenvalue weighted by Crippen LogP contribution is 2.42. The van der Waals surface area contributed by atoms with Crippen LogP contribution in [0.3, 0.4) is 0 Å². The number of nitrogens with zero attached hydrogens (tertiary/aromatic N) is 2. The standard InChI is InChI=1S/C28H21ClN2O6/c1-15(2)36-28(35)16-6-5-7-19(13-16)31-24(20-8-3-4-11-30-20)23(26(33)27(31)34)25(32)22-14-17-12-18(29)9-10-21(17)37-22/h3-15,24,33H,1-2H3. The number of amides is 1. The van der Waals surface area contributed by atoms with Gasteiger partial charge < -0.3 is 14.3 Å². The first-order valence-electron chi connectivity index (χ1n) is 11.5. The first-order chi connectivity index (χ1) is 17.7. The summed E-state index contributed by atoms with van der Waals surface area (Å²) in [5, 5.41) is 12.0. The van der Waals surface area contributed by atoms with Crippen molar-refractivity contribution in [3.8, 4) is 0 Å². The van der Waals surface area contributed by atoms with Crippen LogP contribution < -0.4 is 4.90 Å². The van der Waals surface area contributed by atoms with Gasteiger partial charge in [-0.15, -0.1) is 0 Å². The number of Topliss-reactive ketones (excluding diaryl/α,β-unsaturated/α-hetero) is 1. The number of anilines is 1. The van der Waals surface area contributed by atoms with Crippen LogP contribution in [-0.4, -0.2) is 33.9 Å². The van der Waals surface area contributed by atoms with E-state index in [1.165, 1.54) is 23.2 Å². The molecule has 0 spiro atoms. The molecule has 0 saturated carbocycles. The van der Waals surface area contributed by atoms with E-state index in [1.807, 2.05) is 0 Å². The third-order valence-corrected chi connectivity index (χ3v) is 6.06. The van der Waals surface area contributed by atoms with E-state index in [4.69, 9.17) is 20.8 Å². The van der Waals surface area contributed by atoms with E-state index < -0.39 is 29.5 Å². The topological polar surface area (TPSA) is 110 Å². The van der Waals surface area contributed by atoms with Gasteiger partial charge in [-0.25, -0.2) is 4.79 Å². The number of ether oxygens (including phenoxy) is 1. The van der Waals surface area contributed by atoms with Crippen LogP contribution in [0.25, 0.3) is 11.0 Å². The first-order valence-corrected chi connectivity index (χ1v) is 11.8. The quantitative estimate of drug-likeness (QED) is 0.253. The van der Waals surface area contributed by atoms with E-state index in [-0.39, 0.29) is 28.7 Å². The lowest BCUT2D eigenvalue weighted by Gasteiger charge is -2.26. The number of halogens is 1. The van der Waals surface area contributed by atoms with E-state index in [9.17, 15) is 19.5 Å². The lowest BCUT2D eigenvalue weighted by atomic mass is 9.98. The van der Waals surface area contributed by atoms with Gasteiger partial charge in [0.15, 0.2) is 11.5 Å². The maximum absolute atomic E-state index is 13.7. The fraction of sp³-hybridized carbons (Fsp3) is 0.143. The van der Waals surface area contributed by atoms with Gasteiger partial charge in [-0.3, -0.25) is 19.5 Å². The monoisotopic (exact) mass is 516 g/mol. The lowest BCUT2D eigenvalue weighted by molar-refractivity contribution is -0.117. The molecule has 186 valence electrons. The molecule has 2 aromatic heterocycles. The number of fused-ring (bicyclic) bond motifs is 1. The summed E-state index contributed by atoms with van der Waals surface area (Å²) in [6, 6.07) is 16.6. The maximum atomic E-state index is 13.7. The molecule has 0 fully saturated rings. The van der Waals surface area contributed by atoms with E-state index in [2.05, 4.69) is 4.98 Å². The Morgan fingerprint density at radius 1 is 1.08 bits per heavy atom. The fourth-order valence-electron chi connectivity index (χ4n) is 4.24. The molecule has 8 nitrogen and oxygen atoms in total. The highest BCUT2D eigenvalue weighted by atomic mass is 35.5. The summed E-state index contributed by atoms with van der Waals surface area (Å²) in [6.07, 6.45) is 1.19. The Hall–Kier alpha value is -4.43. The Labute approximate surface area is 216 Å². The summed E-state index contributed by atoms with van der Waals surface area (Å²) < 4.78 is 11.0. The molecule has 0 aliphatic carbocycles. The van der Waals surface area contributed by atoms with Crippen molar-refractivity contribution in [3.63, 3.8) is 0 Å². The number of hydrogen-bond donors (Lipinski definition) is 1. The number of aromatic nitrogens is 1. The van der Waals surface area contributed by atoms with Crippen molar-refractivity contribution >= 4 is 45.9 Å². The molecule has 0 radical (unpaired) electrons. The SMILES string of the molecule is CC(C)OC(=O)c1cccc(N2C(=O)C(O)=C(C(=O)c3cc4cc(Cl)ccc4o3)C2c2ccccn2)c1. The number of ketones is 1. The van der Waals surface area contributed by atoms with Gasteiger partial charge in [0, 0.05) is 22.3 Å². The van der Waals surface area contributed by atoms with Crippen LogP contribution in [0.1, 0.15) is 46.5 Å². The summed E-state index contributed by atoms with van der Waals surface area (Å²) in [7, 11) is 0. The Morgan fingerprint density at radius 3 is 2.62 bits per heavy atom. The molecule has 2 aromatic carbocycles. The second-order valence-electron chi connectivity index (χ2n) is 8.72. The van der Waals surface area contributed by atoms with Crippen LogP contribution in [-0.2, 0) is 9.53 Å². The summed E-state index contributed by atoms with van der Waals surface area (Å²) >= 11 is 6.06. The highest BCUT2D eigenvalue weighted by molar-refractivity contribution is 6.31. The Bertz CT molecular complexity index is 1570. The fourth-order valence-corrected chi connectivity index (χ4v) is 4.43. The normalized spacial score (nSPS) is 15.6. The lowest BCUT2D eigenvalue weighted by Crippen LogP contribution is -2.31. The molecule has 1 N–H and O–H groups in total. The van der Waals surface area contributed by atoms with Crippen LogP contribution in [0, 0.1) is 0 Å². The summed E-state index contributed by atoms with van der Waals surface area (Å²) in [5.41, 5.74) is 1.08. The number of esters is 1. The van der Waals surface area contributed by atoms with Crippen molar-refractivity contribution in [1.29, 1.82) is 0 Å². The van der Waals surface area contributed by atoms with Crippen LogP contribution in [0.15, 0.2) is 88.7 Å². The summed E-state index contributed by atoms with van der Waals surface area (Å²) in [4.78, 5) is 45.2. The minimum atomic E-state index is -1.07. The van der Waals surface area contributed by atoms with Crippen molar-refractivity contribution in [1.82, 2.24) is 4.98 Å². The van der Waals surface area contributed by atoms with Gasteiger partial charge >= 0.3 is 5.97 Å². The zero-order valence-corrected chi connectivity index (χ0v) is 20.6. The minimum Gasteiger partial charge on any atom is -0.503 e. The summed E-state index contributed by atoms with van der Waals surface area (Å²) in [5.74, 6) is -2.84. The predicted molar refractivity (Wildman–Crippen MR) is 137 cm³/mol. The molecule has 1 unspecified atom stereocenters. The van der Waals surface area contributed by atoms with Crippen molar-refractivity contribution in [2.45, 2.75) is 26.0 Å². The van der Waals surface area contributed by atoms with E-state index in [1.54, 1.807) is 68.4 Å². The number of furan rings is 1. The molecule has 5 rings (SSSR count). The largest absolute Gasteiger partial charge is 0.503 e. The zero-order valence-electron chi connectivity index (χ0n) is 19.8. The average Bonchev–Trinajstić information content (AvgIpc) is 3.42. The molecule has 1 aliphatic heterocycles. The number of aliphatic hydroxyl groups is 1. The minimum absolute atomic E-state index is 0.0661. The first kappa shape index (κ1) is 24.3. The second-order valence-corrected chi connectivity index (χ2v) is 9.16. The van der Waals surface area contributed by atoms with Crippen molar-refractivity contribution in [2.24, 2.45) is 0 Å². The molecular formula is C28H21ClN2O6. The van der Waals surface area contributed by atoms with Gasteiger partial charge in [-0.1, -0.05) is 23.7 Å². The Balaban J connectivity index is 1.61. The maximum Gasteiger partial charge on any atom is 0.338 e. The molecule has 0 saturated heterocycles. The van der Waals surface area contributed by atoms with E-state index in [0.29, 0.717) is 21.7 Å². The number of rotatable bonds is 6. The number of hydrogen-bond acceptors (Lipinski definition) is 7. The predicted octanol–water partition coefficient (Wildman–Crippen LogP) is 5.83. The van der Waals surface area contributed by atoms with Gasteiger partial charge in [-0.2, -0.15) is 0 Å². The number of benzene rings is 2. The van der Waals surface area contributed by atoms with E-state index in [0.717, 1.165) is 0 Å². The van der Waals surface area contributed by atoms with Crippen molar-refractivity contribution in [3.05, 3.63) is 106 Å². The molecule has 1 aliphatic rings. The third-order valence-electron chi connectivity index (χ3n) is 5.83. The molecule has 1 amide bonds. The van der Waals surface area contributed by atoms with Crippen LogP contribution in [0.4, 0.5) is 5.69 Å². The van der Waals surface area contributed by atoms with Crippen LogP contribution in [0.5, 0.6) is 0 Å². The zero-order chi connectivity index (χ0) is 26.3. The van der Waals surface area contributed by atoms with Gasteiger partial charge in [0.05, 0.1) is 22.9 Å². The third kappa shape index (κ3) is 4.47. The van der Waals surface area contributed by atoms with Gasteiger partial charge in [0.25, 0.3) is 5.91 Å².